The highest BCUT2D eigenvalue weighted by Gasteiger charge is 2.26. The Balaban J connectivity index is 2.40. The number of thioether (sulfide) groups is 1. The maximum atomic E-state index is 11.8. The average molecular weight is 245 g/mol. The van der Waals surface area contributed by atoms with E-state index in [-0.39, 0.29) is 17.2 Å². The lowest BCUT2D eigenvalue weighted by Gasteiger charge is -2.24. The Kier molecular flexibility index (Phi) is 5.12. The van der Waals surface area contributed by atoms with E-state index in [0.717, 1.165) is 18.6 Å². The molecule has 0 aromatic heterocycles. The Labute approximate surface area is 100 Å². The van der Waals surface area contributed by atoms with Gasteiger partial charge in [-0.1, -0.05) is 6.42 Å². The molecule has 0 bridgehead atoms. The van der Waals surface area contributed by atoms with E-state index in [0.29, 0.717) is 0 Å². The van der Waals surface area contributed by atoms with E-state index in [9.17, 15) is 9.59 Å². The van der Waals surface area contributed by atoms with Gasteiger partial charge in [0, 0.05) is 6.04 Å². The first kappa shape index (κ1) is 13.4. The van der Waals surface area contributed by atoms with Crippen LogP contribution in [0.4, 0.5) is 0 Å². The maximum absolute atomic E-state index is 11.8. The van der Waals surface area contributed by atoms with Crippen molar-refractivity contribution in [1.29, 1.82) is 0 Å². The maximum Gasteiger partial charge on any atom is 0.308 e. The van der Waals surface area contributed by atoms with Crippen molar-refractivity contribution in [1.82, 2.24) is 5.32 Å². The zero-order valence-corrected chi connectivity index (χ0v) is 10.5. The van der Waals surface area contributed by atoms with Gasteiger partial charge in [0.1, 0.15) is 0 Å². The van der Waals surface area contributed by atoms with Gasteiger partial charge < -0.3 is 10.4 Å². The van der Waals surface area contributed by atoms with Crippen LogP contribution in [0, 0.1) is 5.92 Å². The molecule has 16 heavy (non-hydrogen) atoms. The molecule has 0 saturated carbocycles. The second-order valence-electron chi connectivity index (χ2n) is 4.28. The Bertz CT molecular complexity index is 264. The predicted octanol–water partition coefficient (Wildman–Crippen LogP) is 1.50. The molecular formula is C11H19NO3S. The molecule has 0 aromatic carbocycles. The van der Waals surface area contributed by atoms with Crippen molar-refractivity contribution in [2.24, 2.45) is 5.92 Å². The van der Waals surface area contributed by atoms with Crippen LogP contribution in [0.25, 0.3) is 0 Å². The number of hydrogen-bond acceptors (Lipinski definition) is 3. The van der Waals surface area contributed by atoms with Crippen molar-refractivity contribution in [3.63, 3.8) is 0 Å². The van der Waals surface area contributed by atoms with Gasteiger partial charge in [0.2, 0.25) is 5.91 Å². The zero-order valence-electron chi connectivity index (χ0n) is 9.73. The Hall–Kier alpha value is -0.710. The molecule has 1 heterocycles. The van der Waals surface area contributed by atoms with E-state index in [2.05, 4.69) is 5.32 Å². The molecule has 0 aliphatic carbocycles. The van der Waals surface area contributed by atoms with Crippen LogP contribution >= 0.6 is 11.8 Å². The van der Waals surface area contributed by atoms with Gasteiger partial charge >= 0.3 is 5.97 Å². The molecule has 92 valence electrons. The Morgan fingerprint density at radius 1 is 1.38 bits per heavy atom. The van der Waals surface area contributed by atoms with Crippen LogP contribution in [0.15, 0.2) is 0 Å². The number of carboxylic acid groups (broad SMARTS) is 1. The number of carboxylic acids is 1. The smallest absolute Gasteiger partial charge is 0.308 e. The van der Waals surface area contributed by atoms with Gasteiger partial charge in [0.25, 0.3) is 0 Å². The van der Waals surface area contributed by atoms with E-state index in [1.54, 1.807) is 25.6 Å². The predicted molar refractivity (Wildman–Crippen MR) is 64.5 cm³/mol. The first-order valence-corrected chi connectivity index (χ1v) is 6.72. The van der Waals surface area contributed by atoms with Crippen LogP contribution in [-0.2, 0) is 9.59 Å². The number of hydrogen-bond donors (Lipinski definition) is 2. The summed E-state index contributed by atoms with van der Waals surface area (Å²) in [5.41, 5.74) is 0. The van der Waals surface area contributed by atoms with Crippen molar-refractivity contribution in [3.8, 4) is 0 Å². The van der Waals surface area contributed by atoms with Crippen molar-refractivity contribution >= 4 is 23.6 Å². The summed E-state index contributed by atoms with van der Waals surface area (Å²) >= 11 is 1.67. The number of carbonyl (C=O) groups is 2. The number of rotatable bonds is 4. The molecule has 1 aliphatic rings. The van der Waals surface area contributed by atoms with Crippen LogP contribution < -0.4 is 5.32 Å². The molecule has 1 saturated heterocycles. The molecule has 1 rings (SSSR count). The second kappa shape index (κ2) is 6.13. The van der Waals surface area contributed by atoms with Gasteiger partial charge in [-0.2, -0.15) is 0 Å². The molecule has 4 nitrogen and oxygen atoms in total. The van der Waals surface area contributed by atoms with Gasteiger partial charge in [0.05, 0.1) is 11.2 Å². The quantitative estimate of drug-likeness (QED) is 0.787. The lowest BCUT2D eigenvalue weighted by Crippen LogP contribution is -2.44. The topological polar surface area (TPSA) is 66.4 Å². The SMILES string of the molecule is CC(NC(=O)C1CCCCS1)C(C)C(=O)O. The van der Waals surface area contributed by atoms with Gasteiger partial charge in [0.15, 0.2) is 0 Å². The summed E-state index contributed by atoms with van der Waals surface area (Å²) in [7, 11) is 0. The summed E-state index contributed by atoms with van der Waals surface area (Å²) in [6.07, 6.45) is 3.17. The Morgan fingerprint density at radius 2 is 2.06 bits per heavy atom. The molecule has 0 radical (unpaired) electrons. The highest BCUT2D eigenvalue weighted by atomic mass is 32.2. The molecular weight excluding hydrogens is 226 g/mol. The third-order valence-corrected chi connectivity index (χ3v) is 4.36. The van der Waals surface area contributed by atoms with E-state index in [1.807, 2.05) is 0 Å². The van der Waals surface area contributed by atoms with E-state index >= 15 is 0 Å². The minimum absolute atomic E-state index is 0.00898. The molecule has 1 fully saturated rings. The Morgan fingerprint density at radius 3 is 2.56 bits per heavy atom. The molecule has 2 N–H and O–H groups in total. The zero-order chi connectivity index (χ0) is 12.1. The van der Waals surface area contributed by atoms with E-state index < -0.39 is 11.9 Å². The number of nitrogens with one attached hydrogen (secondary N) is 1. The minimum Gasteiger partial charge on any atom is -0.481 e. The van der Waals surface area contributed by atoms with Crippen molar-refractivity contribution in [3.05, 3.63) is 0 Å². The third kappa shape index (κ3) is 3.70. The fourth-order valence-electron chi connectivity index (χ4n) is 1.60. The molecule has 3 unspecified atom stereocenters. The third-order valence-electron chi connectivity index (χ3n) is 2.98. The van der Waals surface area contributed by atoms with Crippen LogP contribution in [0.5, 0.6) is 0 Å². The van der Waals surface area contributed by atoms with Gasteiger partial charge in [-0.25, -0.2) is 0 Å². The second-order valence-corrected chi connectivity index (χ2v) is 5.59. The largest absolute Gasteiger partial charge is 0.481 e. The van der Waals surface area contributed by atoms with Gasteiger partial charge in [-0.05, 0) is 32.4 Å². The van der Waals surface area contributed by atoms with Crippen molar-refractivity contribution in [2.75, 3.05) is 5.75 Å². The van der Waals surface area contributed by atoms with Crippen molar-refractivity contribution < 1.29 is 14.7 Å². The highest BCUT2D eigenvalue weighted by molar-refractivity contribution is 8.00. The number of amides is 1. The number of carbonyl (C=O) groups excluding carboxylic acids is 1. The lowest BCUT2D eigenvalue weighted by molar-refractivity contribution is -0.142. The first-order valence-electron chi connectivity index (χ1n) is 5.67. The summed E-state index contributed by atoms with van der Waals surface area (Å²) in [5, 5.41) is 11.6. The summed E-state index contributed by atoms with van der Waals surface area (Å²) in [6, 6.07) is -0.312. The molecule has 0 aromatic rings. The first-order chi connectivity index (χ1) is 7.52. The lowest BCUT2D eigenvalue weighted by atomic mass is 10.0. The van der Waals surface area contributed by atoms with Gasteiger partial charge in [-0.3, -0.25) is 9.59 Å². The van der Waals surface area contributed by atoms with Crippen LogP contribution in [0.2, 0.25) is 0 Å². The molecule has 3 atom stereocenters. The summed E-state index contributed by atoms with van der Waals surface area (Å²) < 4.78 is 0. The van der Waals surface area contributed by atoms with Crippen molar-refractivity contribution in [2.45, 2.75) is 44.4 Å². The van der Waals surface area contributed by atoms with Crippen LogP contribution in [0.3, 0.4) is 0 Å². The fourth-order valence-corrected chi connectivity index (χ4v) is 2.81. The monoisotopic (exact) mass is 245 g/mol. The fraction of sp³-hybridized carbons (Fsp3) is 0.818. The van der Waals surface area contributed by atoms with Crippen LogP contribution in [0.1, 0.15) is 33.1 Å². The minimum atomic E-state index is -0.871. The summed E-state index contributed by atoms with van der Waals surface area (Å²) in [4.78, 5) is 22.6. The van der Waals surface area contributed by atoms with Gasteiger partial charge in [-0.15, -0.1) is 11.8 Å². The van der Waals surface area contributed by atoms with E-state index in [1.165, 1.54) is 6.42 Å². The molecule has 1 amide bonds. The average Bonchev–Trinajstić information content (AvgIpc) is 2.28. The highest BCUT2D eigenvalue weighted by Crippen LogP contribution is 2.25. The van der Waals surface area contributed by atoms with Crippen LogP contribution in [-0.4, -0.2) is 34.0 Å². The summed E-state index contributed by atoms with van der Waals surface area (Å²) in [6.45, 7) is 3.35. The van der Waals surface area contributed by atoms with E-state index in [4.69, 9.17) is 5.11 Å². The molecule has 0 spiro atoms. The standard InChI is InChI=1S/C11H19NO3S/c1-7(11(14)15)8(2)12-10(13)9-5-3-4-6-16-9/h7-9H,3-6H2,1-2H3,(H,12,13)(H,14,15). The normalized spacial score (nSPS) is 24.5. The summed E-state index contributed by atoms with van der Waals surface area (Å²) in [5.74, 6) is -0.395. The molecule has 1 aliphatic heterocycles. The molecule has 5 heteroatoms. The number of aliphatic carboxylic acids is 1.